The lowest BCUT2D eigenvalue weighted by Gasteiger charge is -2.13. The average molecular weight is 515 g/mol. The number of nitrogens with one attached hydrogen (secondary N) is 2. The number of aryl methyl sites for hydroxylation is 1. The Labute approximate surface area is 189 Å². The number of nitrogens with zero attached hydrogens (tertiary/aromatic N) is 2. The van der Waals surface area contributed by atoms with Crippen LogP contribution in [0.15, 0.2) is 53.5 Å². The van der Waals surface area contributed by atoms with Crippen molar-refractivity contribution >= 4 is 47.4 Å². The molecule has 0 fully saturated rings. The highest BCUT2D eigenvalue weighted by atomic mass is 127. The summed E-state index contributed by atoms with van der Waals surface area (Å²) < 4.78 is 0. The Bertz CT molecular complexity index is 761. The largest absolute Gasteiger partial charge is 0.356 e. The van der Waals surface area contributed by atoms with E-state index in [0.717, 1.165) is 35.9 Å². The monoisotopic (exact) mass is 514 g/mol. The lowest BCUT2D eigenvalue weighted by Crippen LogP contribution is -2.37. The third-order valence-electron chi connectivity index (χ3n) is 4.14. The highest BCUT2D eigenvalue weighted by Gasteiger charge is 2.07. The predicted octanol–water partition coefficient (Wildman–Crippen LogP) is 3.96. The number of carbonyl (C=O) groups is 1. The molecule has 0 atom stereocenters. The van der Waals surface area contributed by atoms with Gasteiger partial charge >= 0.3 is 0 Å². The van der Waals surface area contributed by atoms with Crippen molar-refractivity contribution in [2.24, 2.45) is 4.99 Å². The van der Waals surface area contributed by atoms with Gasteiger partial charge < -0.3 is 15.5 Å². The standard InChI is InChI=1S/C21H27ClN4O.HI/c1-23-21(24-14-4-5-16-8-12-19(22)13-9-16)25-15-17-6-10-18(11-7-17)20(27)26(2)3;/h6-13H,4-5,14-15H2,1-3H3,(H2,23,24,25);1H. The average Bonchev–Trinajstić information content (AvgIpc) is 2.68. The zero-order valence-corrected chi connectivity index (χ0v) is 19.6. The van der Waals surface area contributed by atoms with Crippen molar-refractivity contribution in [2.75, 3.05) is 27.7 Å². The summed E-state index contributed by atoms with van der Waals surface area (Å²) in [6.07, 6.45) is 1.99. The van der Waals surface area contributed by atoms with Gasteiger partial charge in [0.1, 0.15) is 0 Å². The Morgan fingerprint density at radius 2 is 1.61 bits per heavy atom. The van der Waals surface area contributed by atoms with Crippen molar-refractivity contribution in [3.8, 4) is 0 Å². The van der Waals surface area contributed by atoms with E-state index in [2.05, 4.69) is 27.8 Å². The highest BCUT2D eigenvalue weighted by Crippen LogP contribution is 2.10. The quantitative estimate of drug-likeness (QED) is 0.255. The molecule has 0 bridgehead atoms. The van der Waals surface area contributed by atoms with E-state index in [9.17, 15) is 4.79 Å². The van der Waals surface area contributed by atoms with Gasteiger partial charge in [-0.25, -0.2) is 0 Å². The summed E-state index contributed by atoms with van der Waals surface area (Å²) in [6.45, 7) is 1.48. The first-order valence-corrected chi connectivity index (χ1v) is 9.37. The van der Waals surface area contributed by atoms with E-state index in [1.807, 2.05) is 36.4 Å². The van der Waals surface area contributed by atoms with Crippen LogP contribution in [0, 0.1) is 0 Å². The Hall–Kier alpha value is -1.80. The lowest BCUT2D eigenvalue weighted by atomic mass is 10.1. The van der Waals surface area contributed by atoms with Crippen molar-refractivity contribution in [1.82, 2.24) is 15.5 Å². The van der Waals surface area contributed by atoms with E-state index in [1.165, 1.54) is 5.56 Å². The second kappa shape index (κ2) is 12.6. The molecule has 2 aromatic carbocycles. The van der Waals surface area contributed by atoms with Crippen LogP contribution in [-0.4, -0.2) is 44.5 Å². The van der Waals surface area contributed by atoms with Gasteiger partial charge in [0.15, 0.2) is 5.96 Å². The van der Waals surface area contributed by atoms with E-state index in [0.29, 0.717) is 12.1 Å². The molecule has 1 amide bonds. The van der Waals surface area contributed by atoms with Crippen molar-refractivity contribution in [3.05, 3.63) is 70.2 Å². The van der Waals surface area contributed by atoms with E-state index in [1.54, 1.807) is 26.0 Å². The van der Waals surface area contributed by atoms with Crippen molar-refractivity contribution in [2.45, 2.75) is 19.4 Å². The number of benzene rings is 2. The number of hydrogen-bond acceptors (Lipinski definition) is 2. The molecular formula is C21H28ClIN4O. The molecule has 0 aliphatic carbocycles. The Morgan fingerprint density at radius 1 is 1.00 bits per heavy atom. The van der Waals surface area contributed by atoms with Crippen LogP contribution in [0.1, 0.15) is 27.9 Å². The van der Waals surface area contributed by atoms with Gasteiger partial charge in [0.25, 0.3) is 5.91 Å². The molecule has 2 aromatic rings. The van der Waals surface area contributed by atoms with E-state index in [4.69, 9.17) is 11.6 Å². The zero-order valence-electron chi connectivity index (χ0n) is 16.5. The van der Waals surface area contributed by atoms with Crippen LogP contribution in [0.5, 0.6) is 0 Å². The minimum absolute atomic E-state index is 0. The second-order valence-corrected chi connectivity index (χ2v) is 6.92. The third kappa shape index (κ3) is 8.06. The molecule has 0 heterocycles. The number of carbonyl (C=O) groups excluding carboxylic acids is 1. The van der Waals surface area contributed by atoms with Crippen molar-refractivity contribution in [1.29, 1.82) is 0 Å². The molecule has 0 unspecified atom stereocenters. The minimum atomic E-state index is 0. The number of guanidine groups is 1. The first-order valence-electron chi connectivity index (χ1n) is 8.99. The molecule has 7 heteroatoms. The fraction of sp³-hybridized carbons (Fsp3) is 0.333. The molecule has 0 aliphatic rings. The van der Waals surface area contributed by atoms with Gasteiger partial charge in [-0.1, -0.05) is 35.9 Å². The lowest BCUT2D eigenvalue weighted by molar-refractivity contribution is 0.0827. The van der Waals surface area contributed by atoms with E-state index >= 15 is 0 Å². The Kier molecular flexibility index (Phi) is 10.9. The number of rotatable bonds is 7. The topological polar surface area (TPSA) is 56.7 Å². The zero-order chi connectivity index (χ0) is 19.6. The second-order valence-electron chi connectivity index (χ2n) is 6.48. The summed E-state index contributed by atoms with van der Waals surface area (Å²) in [4.78, 5) is 17.7. The SMILES string of the molecule is CN=C(NCCCc1ccc(Cl)cc1)NCc1ccc(C(=O)N(C)C)cc1.I. The fourth-order valence-corrected chi connectivity index (χ4v) is 2.71. The maximum atomic E-state index is 11.9. The molecule has 0 spiro atoms. The third-order valence-corrected chi connectivity index (χ3v) is 4.39. The number of amides is 1. The van der Waals surface area contributed by atoms with Crippen LogP contribution >= 0.6 is 35.6 Å². The molecule has 2 N–H and O–H groups in total. The van der Waals surface area contributed by atoms with Crippen molar-refractivity contribution in [3.63, 3.8) is 0 Å². The summed E-state index contributed by atoms with van der Waals surface area (Å²) in [5.41, 5.74) is 3.05. The van der Waals surface area contributed by atoms with Crippen LogP contribution in [0.3, 0.4) is 0 Å². The van der Waals surface area contributed by atoms with Crippen LogP contribution in [0.25, 0.3) is 0 Å². The maximum absolute atomic E-state index is 11.9. The maximum Gasteiger partial charge on any atom is 0.253 e. The van der Waals surface area contributed by atoms with Gasteiger partial charge in [-0.05, 0) is 48.2 Å². The first kappa shape index (κ1) is 24.2. The normalized spacial score (nSPS) is 10.8. The molecule has 0 aromatic heterocycles. The van der Waals surface area contributed by atoms with Gasteiger partial charge in [0.05, 0.1) is 0 Å². The van der Waals surface area contributed by atoms with Gasteiger partial charge in [-0.2, -0.15) is 0 Å². The smallest absolute Gasteiger partial charge is 0.253 e. The summed E-state index contributed by atoms with van der Waals surface area (Å²) >= 11 is 5.90. The van der Waals surface area contributed by atoms with Crippen molar-refractivity contribution < 1.29 is 4.79 Å². The molecule has 28 heavy (non-hydrogen) atoms. The van der Waals surface area contributed by atoms with Crippen LogP contribution in [0.4, 0.5) is 0 Å². The fourth-order valence-electron chi connectivity index (χ4n) is 2.58. The molecule has 152 valence electrons. The van der Waals surface area contributed by atoms with Crippen LogP contribution in [-0.2, 0) is 13.0 Å². The summed E-state index contributed by atoms with van der Waals surface area (Å²) in [5, 5.41) is 7.37. The summed E-state index contributed by atoms with van der Waals surface area (Å²) in [5.74, 6) is 0.771. The number of halogens is 2. The van der Waals surface area contributed by atoms with Crippen LogP contribution in [0.2, 0.25) is 5.02 Å². The Balaban J connectivity index is 0.00000392. The molecule has 5 nitrogen and oxygen atoms in total. The predicted molar refractivity (Wildman–Crippen MR) is 128 cm³/mol. The van der Waals surface area contributed by atoms with E-state index < -0.39 is 0 Å². The molecule has 2 rings (SSSR count). The van der Waals surface area contributed by atoms with Gasteiger partial charge in [-0.3, -0.25) is 9.79 Å². The minimum Gasteiger partial charge on any atom is -0.356 e. The summed E-state index contributed by atoms with van der Waals surface area (Å²) in [7, 11) is 5.26. The van der Waals surface area contributed by atoms with Gasteiger partial charge in [0, 0.05) is 44.8 Å². The van der Waals surface area contributed by atoms with Gasteiger partial charge in [0.2, 0.25) is 0 Å². The molecule has 0 saturated heterocycles. The molecular weight excluding hydrogens is 487 g/mol. The molecule has 0 aliphatic heterocycles. The van der Waals surface area contributed by atoms with E-state index in [-0.39, 0.29) is 29.9 Å². The van der Waals surface area contributed by atoms with Gasteiger partial charge in [-0.15, -0.1) is 24.0 Å². The molecule has 0 radical (unpaired) electrons. The Morgan fingerprint density at radius 3 is 2.18 bits per heavy atom. The summed E-state index contributed by atoms with van der Waals surface area (Å²) in [6, 6.07) is 15.6. The highest BCUT2D eigenvalue weighted by molar-refractivity contribution is 14.0. The number of aliphatic imine (C=N–C) groups is 1. The van der Waals surface area contributed by atoms with Crippen LogP contribution < -0.4 is 10.6 Å². The molecule has 0 saturated carbocycles. The number of hydrogen-bond donors (Lipinski definition) is 2. The first-order chi connectivity index (χ1) is 13.0.